The summed E-state index contributed by atoms with van der Waals surface area (Å²) < 4.78 is 17.8. The second kappa shape index (κ2) is 9.91. The Hall–Kier alpha value is -3.43. The van der Waals surface area contributed by atoms with Crippen molar-refractivity contribution in [3.63, 3.8) is 0 Å². The minimum atomic E-state index is -0.789. The van der Waals surface area contributed by atoms with Gasteiger partial charge in [-0.15, -0.1) is 10.2 Å². The number of nitrogens with zero attached hydrogens (tertiary/aromatic N) is 3. The molecule has 36 heavy (non-hydrogen) atoms. The van der Waals surface area contributed by atoms with Gasteiger partial charge in [-0.25, -0.2) is 0 Å². The number of unbranched alkanes of at least 4 members (excludes halogenated alkanes) is 1. The Balaban J connectivity index is 1.71. The van der Waals surface area contributed by atoms with E-state index in [1.807, 2.05) is 19.1 Å². The molecule has 0 spiro atoms. The van der Waals surface area contributed by atoms with Crippen LogP contribution in [0, 0.1) is 6.92 Å². The summed E-state index contributed by atoms with van der Waals surface area (Å²) in [7, 11) is 0. The SMILES string of the molecule is CCCCOc1ccc(C2c3c(oc4ccc(Cl)cc4c3=O)C(=O)N2c2nnc(C)s2)cc1OCC. The number of anilines is 1. The molecule has 0 aliphatic carbocycles. The summed E-state index contributed by atoms with van der Waals surface area (Å²) in [4.78, 5) is 28.9. The van der Waals surface area contributed by atoms with Crippen LogP contribution < -0.4 is 19.8 Å². The number of carbonyl (C=O) groups is 1. The molecule has 1 atom stereocenters. The van der Waals surface area contributed by atoms with Crippen molar-refractivity contribution >= 4 is 44.9 Å². The molecule has 8 nitrogen and oxygen atoms in total. The molecule has 1 aliphatic rings. The summed E-state index contributed by atoms with van der Waals surface area (Å²) in [5, 5.41) is 10.1. The van der Waals surface area contributed by atoms with Crippen molar-refractivity contribution in [3.05, 3.63) is 73.5 Å². The van der Waals surface area contributed by atoms with Crippen molar-refractivity contribution in [2.75, 3.05) is 18.1 Å². The van der Waals surface area contributed by atoms with Crippen LogP contribution in [0.5, 0.6) is 11.5 Å². The van der Waals surface area contributed by atoms with Gasteiger partial charge in [0.1, 0.15) is 10.6 Å². The highest BCUT2D eigenvalue weighted by Crippen LogP contribution is 2.44. The summed E-state index contributed by atoms with van der Waals surface area (Å²) in [5.41, 5.74) is 0.858. The van der Waals surface area contributed by atoms with Crippen molar-refractivity contribution < 1.29 is 18.7 Å². The zero-order chi connectivity index (χ0) is 25.4. The number of rotatable bonds is 8. The summed E-state index contributed by atoms with van der Waals surface area (Å²) in [6.07, 6.45) is 1.92. The second-order valence-electron chi connectivity index (χ2n) is 8.34. The fourth-order valence-corrected chi connectivity index (χ4v) is 5.14. The predicted octanol–water partition coefficient (Wildman–Crippen LogP) is 5.93. The van der Waals surface area contributed by atoms with E-state index in [1.54, 1.807) is 31.2 Å². The normalized spacial score (nSPS) is 14.9. The molecule has 5 rings (SSSR count). The first-order chi connectivity index (χ1) is 17.4. The number of aryl methyl sites for hydroxylation is 1. The highest BCUT2D eigenvalue weighted by Gasteiger charge is 2.45. The Bertz CT molecular complexity index is 1520. The number of hydrogen-bond donors (Lipinski definition) is 0. The van der Waals surface area contributed by atoms with Gasteiger partial charge in [0.15, 0.2) is 16.9 Å². The summed E-state index contributed by atoms with van der Waals surface area (Å²) in [5.74, 6) is 0.665. The van der Waals surface area contributed by atoms with Crippen LogP contribution in [-0.4, -0.2) is 29.3 Å². The van der Waals surface area contributed by atoms with Crippen molar-refractivity contribution in [2.24, 2.45) is 0 Å². The fourth-order valence-electron chi connectivity index (χ4n) is 4.25. The molecular weight excluding hydrogens is 502 g/mol. The van der Waals surface area contributed by atoms with Crippen LogP contribution in [0.1, 0.15) is 59.4 Å². The highest BCUT2D eigenvalue weighted by molar-refractivity contribution is 7.15. The molecule has 1 aliphatic heterocycles. The van der Waals surface area contributed by atoms with Gasteiger partial charge in [-0.05, 0) is 56.2 Å². The van der Waals surface area contributed by atoms with Gasteiger partial charge in [-0.3, -0.25) is 14.5 Å². The molecule has 0 fully saturated rings. The molecule has 3 heterocycles. The average Bonchev–Trinajstić information content (AvgIpc) is 3.41. The lowest BCUT2D eigenvalue weighted by atomic mass is 9.98. The van der Waals surface area contributed by atoms with E-state index < -0.39 is 11.9 Å². The van der Waals surface area contributed by atoms with Crippen LogP contribution in [0.2, 0.25) is 5.02 Å². The van der Waals surface area contributed by atoms with Crippen LogP contribution in [0.15, 0.2) is 45.6 Å². The van der Waals surface area contributed by atoms with Crippen molar-refractivity contribution in [2.45, 2.75) is 39.7 Å². The molecule has 186 valence electrons. The van der Waals surface area contributed by atoms with Gasteiger partial charge in [-0.1, -0.05) is 42.3 Å². The standard InChI is InChI=1S/C26H24ClN3O5S/c1-4-6-11-34-19-9-7-15(12-20(19)33-5-2)22-21-23(31)17-13-16(27)8-10-18(17)35-24(21)25(32)30(22)26-29-28-14(3)36-26/h7-10,12-13,22H,4-6,11H2,1-3H3. The molecule has 0 saturated heterocycles. The molecule has 1 unspecified atom stereocenters. The Kier molecular flexibility index (Phi) is 6.68. The van der Waals surface area contributed by atoms with E-state index in [0.717, 1.165) is 12.8 Å². The van der Waals surface area contributed by atoms with E-state index in [0.29, 0.717) is 56.4 Å². The monoisotopic (exact) mass is 525 g/mol. The van der Waals surface area contributed by atoms with Crippen LogP contribution in [-0.2, 0) is 0 Å². The van der Waals surface area contributed by atoms with E-state index in [9.17, 15) is 9.59 Å². The maximum atomic E-state index is 13.7. The average molecular weight is 526 g/mol. The van der Waals surface area contributed by atoms with Crippen LogP contribution in [0.4, 0.5) is 5.13 Å². The van der Waals surface area contributed by atoms with E-state index in [4.69, 9.17) is 25.5 Å². The maximum Gasteiger partial charge on any atom is 0.297 e. The quantitative estimate of drug-likeness (QED) is 0.263. The largest absolute Gasteiger partial charge is 0.490 e. The van der Waals surface area contributed by atoms with Gasteiger partial charge < -0.3 is 13.9 Å². The maximum absolute atomic E-state index is 13.7. The molecule has 2 aromatic heterocycles. The van der Waals surface area contributed by atoms with Gasteiger partial charge >= 0.3 is 0 Å². The number of benzene rings is 2. The lowest BCUT2D eigenvalue weighted by Crippen LogP contribution is -2.29. The van der Waals surface area contributed by atoms with E-state index in [-0.39, 0.29) is 16.8 Å². The number of halogens is 1. The first-order valence-corrected chi connectivity index (χ1v) is 12.9. The number of ether oxygens (including phenoxy) is 2. The zero-order valence-electron chi connectivity index (χ0n) is 20.0. The molecule has 2 aromatic carbocycles. The Morgan fingerprint density at radius 1 is 1.08 bits per heavy atom. The van der Waals surface area contributed by atoms with E-state index >= 15 is 0 Å². The van der Waals surface area contributed by atoms with Crippen LogP contribution in [0.3, 0.4) is 0 Å². The third kappa shape index (κ3) is 4.22. The minimum absolute atomic E-state index is 0.0195. The molecule has 10 heteroatoms. The smallest absolute Gasteiger partial charge is 0.297 e. The van der Waals surface area contributed by atoms with Crippen molar-refractivity contribution in [3.8, 4) is 11.5 Å². The topological polar surface area (TPSA) is 94.8 Å². The molecule has 0 bridgehead atoms. The fraction of sp³-hybridized carbons (Fsp3) is 0.308. The number of aromatic nitrogens is 2. The Morgan fingerprint density at radius 3 is 2.64 bits per heavy atom. The molecular formula is C26H24ClN3O5S. The zero-order valence-corrected chi connectivity index (χ0v) is 21.6. The number of carbonyl (C=O) groups excluding carboxylic acids is 1. The van der Waals surface area contributed by atoms with Gasteiger partial charge in [0.2, 0.25) is 10.9 Å². The van der Waals surface area contributed by atoms with Crippen LogP contribution >= 0.6 is 22.9 Å². The summed E-state index contributed by atoms with van der Waals surface area (Å²) in [6, 6.07) is 9.42. The van der Waals surface area contributed by atoms with Crippen LogP contribution in [0.25, 0.3) is 11.0 Å². The van der Waals surface area contributed by atoms with E-state index in [2.05, 4.69) is 17.1 Å². The highest BCUT2D eigenvalue weighted by atomic mass is 35.5. The molecule has 0 radical (unpaired) electrons. The third-order valence-electron chi connectivity index (χ3n) is 5.89. The van der Waals surface area contributed by atoms with E-state index in [1.165, 1.54) is 16.2 Å². The molecule has 4 aromatic rings. The molecule has 0 saturated carbocycles. The lowest BCUT2D eigenvalue weighted by Gasteiger charge is -2.23. The predicted molar refractivity (Wildman–Crippen MR) is 139 cm³/mol. The van der Waals surface area contributed by atoms with Gasteiger partial charge in [0, 0.05) is 5.02 Å². The summed E-state index contributed by atoms with van der Waals surface area (Å²) in [6.45, 7) is 6.78. The summed E-state index contributed by atoms with van der Waals surface area (Å²) >= 11 is 7.43. The van der Waals surface area contributed by atoms with Gasteiger partial charge in [-0.2, -0.15) is 0 Å². The third-order valence-corrected chi connectivity index (χ3v) is 6.97. The number of fused-ring (bicyclic) bond motifs is 2. The Morgan fingerprint density at radius 2 is 1.92 bits per heavy atom. The first kappa shape index (κ1) is 24.3. The molecule has 0 N–H and O–H groups in total. The minimum Gasteiger partial charge on any atom is -0.490 e. The van der Waals surface area contributed by atoms with Crippen molar-refractivity contribution in [1.82, 2.24) is 10.2 Å². The molecule has 1 amide bonds. The van der Waals surface area contributed by atoms with Gasteiger partial charge in [0.25, 0.3) is 5.91 Å². The van der Waals surface area contributed by atoms with Crippen molar-refractivity contribution in [1.29, 1.82) is 0 Å². The number of hydrogen-bond acceptors (Lipinski definition) is 8. The first-order valence-electron chi connectivity index (χ1n) is 11.7. The lowest BCUT2D eigenvalue weighted by molar-refractivity contribution is 0.0970. The second-order valence-corrected chi connectivity index (χ2v) is 9.93. The number of amides is 1. The van der Waals surface area contributed by atoms with Gasteiger partial charge in [0.05, 0.1) is 30.2 Å². The Labute approximate surface area is 216 Å².